The number of halogens is 1. The largest absolute Gasteiger partial charge is 0.486 e. The number of carbonyl (C=O) groups excluding carboxylic acids is 1. The van der Waals surface area contributed by atoms with E-state index in [1.54, 1.807) is 0 Å². The Morgan fingerprint density at radius 1 is 1.42 bits per heavy atom. The van der Waals surface area contributed by atoms with Crippen molar-refractivity contribution < 1.29 is 14.3 Å². The van der Waals surface area contributed by atoms with Gasteiger partial charge in [-0.1, -0.05) is 18.5 Å². The van der Waals surface area contributed by atoms with Gasteiger partial charge >= 0.3 is 0 Å². The van der Waals surface area contributed by atoms with Gasteiger partial charge in [0.25, 0.3) is 5.91 Å². The average molecular weight is 349 g/mol. The number of hydrogen-bond donors (Lipinski definition) is 1. The average Bonchev–Trinajstić information content (AvgIpc) is 3.24. The molecule has 2 aliphatic rings. The molecule has 1 amide bonds. The van der Waals surface area contributed by atoms with Crippen LogP contribution in [0.5, 0.6) is 5.75 Å². The van der Waals surface area contributed by atoms with Crippen molar-refractivity contribution in [1.82, 2.24) is 9.88 Å². The summed E-state index contributed by atoms with van der Waals surface area (Å²) < 4.78 is 13.6. The number of carbonyl (C=O) groups is 1. The van der Waals surface area contributed by atoms with Gasteiger partial charge in [-0.25, -0.2) is 0 Å². The van der Waals surface area contributed by atoms with Gasteiger partial charge in [0.15, 0.2) is 0 Å². The lowest BCUT2D eigenvalue weighted by Crippen LogP contribution is -2.35. The molecule has 2 atom stereocenters. The Morgan fingerprint density at radius 2 is 2.29 bits per heavy atom. The standard InChI is InChI=1S/C18H21ClN2O3/c1-2-11-10-21-15(18(22)20-9-12-4-3-7-23-12)8-13-14(19)5-6-16(24-11)17(13)21/h5-6,8,11-12H,2-4,7,9-10H2,1H3,(H,20,22). The number of nitrogens with one attached hydrogen (secondary N) is 1. The molecule has 1 fully saturated rings. The fourth-order valence-corrected chi connectivity index (χ4v) is 3.73. The van der Waals surface area contributed by atoms with Crippen LogP contribution in [0, 0.1) is 0 Å². The molecule has 2 aromatic rings. The summed E-state index contributed by atoms with van der Waals surface area (Å²) in [4.78, 5) is 12.7. The molecule has 2 unspecified atom stereocenters. The number of ether oxygens (including phenoxy) is 2. The first-order valence-corrected chi connectivity index (χ1v) is 8.93. The van der Waals surface area contributed by atoms with Gasteiger partial charge in [0.2, 0.25) is 0 Å². The highest BCUT2D eigenvalue weighted by molar-refractivity contribution is 6.36. The molecule has 128 valence electrons. The van der Waals surface area contributed by atoms with Gasteiger partial charge in [-0.2, -0.15) is 0 Å². The molecule has 1 saturated heterocycles. The molecule has 0 aliphatic carbocycles. The first kappa shape index (κ1) is 15.8. The van der Waals surface area contributed by atoms with Gasteiger partial charge in [0.05, 0.1) is 23.2 Å². The van der Waals surface area contributed by atoms with Crippen LogP contribution in [0.1, 0.15) is 36.7 Å². The van der Waals surface area contributed by atoms with Crippen molar-refractivity contribution >= 4 is 28.4 Å². The molecule has 4 rings (SSSR count). The molecule has 5 nitrogen and oxygen atoms in total. The normalized spacial score (nSPS) is 22.6. The summed E-state index contributed by atoms with van der Waals surface area (Å²) in [6.07, 6.45) is 3.16. The predicted molar refractivity (Wildman–Crippen MR) is 93.0 cm³/mol. The second-order valence-electron chi connectivity index (χ2n) is 6.44. The molecule has 1 N–H and O–H groups in total. The first-order valence-electron chi connectivity index (χ1n) is 8.55. The molecular weight excluding hydrogens is 328 g/mol. The lowest BCUT2D eigenvalue weighted by Gasteiger charge is -2.26. The smallest absolute Gasteiger partial charge is 0.268 e. The van der Waals surface area contributed by atoms with E-state index in [0.717, 1.165) is 42.5 Å². The Bertz CT molecular complexity index is 780. The van der Waals surface area contributed by atoms with Crippen LogP contribution < -0.4 is 10.1 Å². The number of aromatic nitrogens is 1. The summed E-state index contributed by atoms with van der Waals surface area (Å²) in [6, 6.07) is 5.58. The van der Waals surface area contributed by atoms with Crippen LogP contribution in [0.2, 0.25) is 5.02 Å². The van der Waals surface area contributed by atoms with Crippen LogP contribution in [-0.4, -0.2) is 35.8 Å². The van der Waals surface area contributed by atoms with E-state index in [1.807, 2.05) is 22.8 Å². The summed E-state index contributed by atoms with van der Waals surface area (Å²) in [6.45, 7) is 4.09. The van der Waals surface area contributed by atoms with E-state index in [9.17, 15) is 4.79 Å². The molecule has 0 saturated carbocycles. The van der Waals surface area contributed by atoms with Crippen LogP contribution in [0.15, 0.2) is 18.2 Å². The van der Waals surface area contributed by atoms with Crippen LogP contribution in [0.3, 0.4) is 0 Å². The van der Waals surface area contributed by atoms with Crippen molar-refractivity contribution in [3.63, 3.8) is 0 Å². The van der Waals surface area contributed by atoms with E-state index < -0.39 is 0 Å². The number of rotatable bonds is 4. The molecule has 1 aromatic carbocycles. The van der Waals surface area contributed by atoms with Gasteiger partial charge in [0.1, 0.15) is 17.5 Å². The molecule has 6 heteroatoms. The highest BCUT2D eigenvalue weighted by Crippen LogP contribution is 2.38. The van der Waals surface area contributed by atoms with Crippen molar-refractivity contribution in [3.8, 4) is 5.75 Å². The molecule has 24 heavy (non-hydrogen) atoms. The van der Waals surface area contributed by atoms with Crippen molar-refractivity contribution in [1.29, 1.82) is 0 Å². The minimum absolute atomic E-state index is 0.0685. The Kier molecular flexibility index (Phi) is 4.14. The Morgan fingerprint density at radius 3 is 3.04 bits per heavy atom. The second kappa shape index (κ2) is 6.30. The van der Waals surface area contributed by atoms with E-state index >= 15 is 0 Å². The predicted octanol–water partition coefficient (Wildman–Crippen LogP) is 3.37. The zero-order valence-corrected chi connectivity index (χ0v) is 14.4. The van der Waals surface area contributed by atoms with Crippen LogP contribution >= 0.6 is 11.6 Å². The van der Waals surface area contributed by atoms with Gasteiger partial charge in [0, 0.05) is 18.5 Å². The third-order valence-corrected chi connectivity index (χ3v) is 5.18. The highest BCUT2D eigenvalue weighted by atomic mass is 35.5. The monoisotopic (exact) mass is 348 g/mol. The summed E-state index contributed by atoms with van der Waals surface area (Å²) >= 11 is 6.33. The maximum atomic E-state index is 12.7. The van der Waals surface area contributed by atoms with Gasteiger partial charge in [-0.3, -0.25) is 4.79 Å². The highest BCUT2D eigenvalue weighted by Gasteiger charge is 2.27. The molecule has 2 aliphatic heterocycles. The fraction of sp³-hybridized carbons (Fsp3) is 0.500. The fourth-order valence-electron chi connectivity index (χ4n) is 3.52. The summed E-state index contributed by atoms with van der Waals surface area (Å²) in [7, 11) is 0. The third kappa shape index (κ3) is 2.66. The van der Waals surface area contributed by atoms with Crippen molar-refractivity contribution in [2.45, 2.75) is 44.9 Å². The zero-order valence-electron chi connectivity index (χ0n) is 13.7. The van der Waals surface area contributed by atoms with Crippen LogP contribution in [-0.2, 0) is 11.3 Å². The van der Waals surface area contributed by atoms with Gasteiger partial charge < -0.3 is 19.4 Å². The molecular formula is C18H21ClN2O3. The molecule has 3 heterocycles. The van der Waals surface area contributed by atoms with Gasteiger partial charge in [-0.05, 0) is 37.5 Å². The molecule has 1 aromatic heterocycles. The minimum Gasteiger partial charge on any atom is -0.486 e. The third-order valence-electron chi connectivity index (χ3n) is 4.85. The molecule has 0 radical (unpaired) electrons. The summed E-state index contributed by atoms with van der Waals surface area (Å²) in [5.74, 6) is 0.714. The van der Waals surface area contributed by atoms with E-state index in [2.05, 4.69) is 12.2 Å². The number of hydrogen-bond acceptors (Lipinski definition) is 3. The van der Waals surface area contributed by atoms with Gasteiger partial charge in [-0.15, -0.1) is 0 Å². The summed E-state index contributed by atoms with van der Waals surface area (Å²) in [5, 5.41) is 4.51. The SMILES string of the molecule is CCC1Cn2c(C(=O)NCC3CCCO3)cc3c(Cl)ccc(c32)O1. The zero-order chi connectivity index (χ0) is 16.7. The Hall–Kier alpha value is -1.72. The lowest BCUT2D eigenvalue weighted by atomic mass is 10.2. The van der Waals surface area contributed by atoms with Crippen molar-refractivity contribution in [3.05, 3.63) is 28.9 Å². The second-order valence-corrected chi connectivity index (χ2v) is 6.85. The minimum atomic E-state index is -0.0829. The molecule has 0 spiro atoms. The number of benzene rings is 1. The molecule has 0 bridgehead atoms. The van der Waals surface area contributed by atoms with Crippen molar-refractivity contribution in [2.75, 3.05) is 13.2 Å². The van der Waals surface area contributed by atoms with Crippen LogP contribution in [0.4, 0.5) is 0 Å². The van der Waals surface area contributed by atoms with E-state index in [-0.39, 0.29) is 18.1 Å². The lowest BCUT2D eigenvalue weighted by molar-refractivity contribution is 0.0845. The van der Waals surface area contributed by atoms with Crippen molar-refractivity contribution in [2.24, 2.45) is 0 Å². The maximum absolute atomic E-state index is 12.7. The van der Waals surface area contributed by atoms with E-state index in [1.165, 1.54) is 0 Å². The van der Waals surface area contributed by atoms with E-state index in [4.69, 9.17) is 21.1 Å². The quantitative estimate of drug-likeness (QED) is 0.921. The number of nitrogens with zero attached hydrogens (tertiary/aromatic N) is 1. The van der Waals surface area contributed by atoms with E-state index in [0.29, 0.717) is 23.8 Å². The first-order chi connectivity index (χ1) is 11.7. The Labute approximate surface area is 145 Å². The maximum Gasteiger partial charge on any atom is 0.268 e. The topological polar surface area (TPSA) is 52.5 Å². The summed E-state index contributed by atoms with van der Waals surface area (Å²) in [5.41, 5.74) is 1.55. The van der Waals surface area contributed by atoms with Crippen LogP contribution in [0.25, 0.3) is 10.9 Å². The Balaban J connectivity index is 1.67. The number of amides is 1.